The van der Waals surface area contributed by atoms with E-state index in [0.29, 0.717) is 5.41 Å². The smallest absolute Gasteiger partial charge is 0.00674 e. The van der Waals surface area contributed by atoms with E-state index in [-0.39, 0.29) is 0 Å². The first-order valence-corrected chi connectivity index (χ1v) is 8.88. The highest BCUT2D eigenvalue weighted by Crippen LogP contribution is 2.40. The monoisotopic (exact) mass is 265 g/mol. The van der Waals surface area contributed by atoms with Gasteiger partial charge < -0.3 is 5.32 Å². The normalized spacial score (nSPS) is 31.6. The van der Waals surface area contributed by atoms with Crippen LogP contribution in [0.4, 0.5) is 0 Å². The fourth-order valence-corrected chi connectivity index (χ4v) is 4.34. The summed E-state index contributed by atoms with van der Waals surface area (Å²) in [6.45, 7) is 8.50. The SMILES string of the molecule is CCC1(CNC2CCCC(C(C)C)CC2)CCCC1. The van der Waals surface area contributed by atoms with Crippen molar-refractivity contribution in [3.8, 4) is 0 Å². The number of hydrogen-bond acceptors (Lipinski definition) is 1. The molecule has 0 aromatic rings. The molecule has 2 rings (SSSR count). The molecule has 2 atom stereocenters. The molecule has 1 nitrogen and oxygen atoms in total. The minimum Gasteiger partial charge on any atom is -0.313 e. The summed E-state index contributed by atoms with van der Waals surface area (Å²) < 4.78 is 0. The predicted molar refractivity (Wildman–Crippen MR) is 84.4 cm³/mol. The summed E-state index contributed by atoms with van der Waals surface area (Å²) in [5.41, 5.74) is 0.657. The van der Waals surface area contributed by atoms with Crippen molar-refractivity contribution in [1.29, 1.82) is 0 Å². The van der Waals surface area contributed by atoms with Crippen molar-refractivity contribution in [2.45, 2.75) is 91.0 Å². The van der Waals surface area contributed by atoms with Gasteiger partial charge in [-0.1, -0.05) is 46.5 Å². The minimum atomic E-state index is 0.657. The Morgan fingerprint density at radius 1 is 1.00 bits per heavy atom. The molecule has 1 heteroatoms. The zero-order chi connectivity index (χ0) is 13.7. The Labute approximate surface area is 120 Å². The topological polar surface area (TPSA) is 12.0 Å². The molecule has 19 heavy (non-hydrogen) atoms. The van der Waals surface area contributed by atoms with Crippen LogP contribution in [0.25, 0.3) is 0 Å². The third kappa shape index (κ3) is 4.21. The Morgan fingerprint density at radius 2 is 1.74 bits per heavy atom. The van der Waals surface area contributed by atoms with Gasteiger partial charge in [0.15, 0.2) is 0 Å². The van der Waals surface area contributed by atoms with Crippen LogP contribution in [-0.4, -0.2) is 12.6 Å². The molecule has 112 valence electrons. The fraction of sp³-hybridized carbons (Fsp3) is 1.00. The van der Waals surface area contributed by atoms with Crippen molar-refractivity contribution in [2.75, 3.05) is 6.54 Å². The Hall–Kier alpha value is -0.0400. The summed E-state index contributed by atoms with van der Waals surface area (Å²) in [7, 11) is 0. The van der Waals surface area contributed by atoms with Crippen LogP contribution >= 0.6 is 0 Å². The first kappa shape index (κ1) is 15.4. The fourth-order valence-electron chi connectivity index (χ4n) is 4.34. The van der Waals surface area contributed by atoms with Gasteiger partial charge in [-0.3, -0.25) is 0 Å². The lowest BCUT2D eigenvalue weighted by molar-refractivity contribution is 0.248. The first-order valence-electron chi connectivity index (χ1n) is 8.88. The zero-order valence-electron chi connectivity index (χ0n) is 13.5. The lowest BCUT2D eigenvalue weighted by Crippen LogP contribution is -2.38. The second kappa shape index (κ2) is 7.11. The molecule has 2 unspecified atom stereocenters. The molecule has 0 amide bonds. The van der Waals surface area contributed by atoms with E-state index in [4.69, 9.17) is 0 Å². The van der Waals surface area contributed by atoms with Gasteiger partial charge in [-0.2, -0.15) is 0 Å². The predicted octanol–water partition coefficient (Wildman–Crippen LogP) is 5.15. The van der Waals surface area contributed by atoms with Crippen molar-refractivity contribution < 1.29 is 0 Å². The molecule has 0 aliphatic heterocycles. The molecular weight excluding hydrogens is 230 g/mol. The van der Waals surface area contributed by atoms with E-state index in [0.717, 1.165) is 17.9 Å². The van der Waals surface area contributed by atoms with Crippen molar-refractivity contribution in [3.63, 3.8) is 0 Å². The summed E-state index contributed by atoms with van der Waals surface area (Å²) in [5.74, 6) is 1.87. The molecule has 0 bridgehead atoms. The largest absolute Gasteiger partial charge is 0.313 e. The number of nitrogens with one attached hydrogen (secondary N) is 1. The molecule has 2 aliphatic carbocycles. The quantitative estimate of drug-likeness (QED) is 0.678. The van der Waals surface area contributed by atoms with Crippen LogP contribution in [0.1, 0.15) is 85.0 Å². The van der Waals surface area contributed by atoms with Crippen LogP contribution in [0.2, 0.25) is 0 Å². The molecule has 0 saturated heterocycles. The maximum Gasteiger partial charge on any atom is 0.00674 e. The van der Waals surface area contributed by atoms with Gasteiger partial charge in [-0.15, -0.1) is 0 Å². The first-order chi connectivity index (χ1) is 9.15. The lowest BCUT2D eigenvalue weighted by Gasteiger charge is -2.30. The van der Waals surface area contributed by atoms with Crippen molar-refractivity contribution >= 4 is 0 Å². The average molecular weight is 265 g/mol. The third-order valence-corrected chi connectivity index (χ3v) is 6.14. The van der Waals surface area contributed by atoms with Crippen molar-refractivity contribution in [2.24, 2.45) is 17.3 Å². The van der Waals surface area contributed by atoms with Gasteiger partial charge in [0.25, 0.3) is 0 Å². The highest BCUT2D eigenvalue weighted by atomic mass is 14.9. The van der Waals surface area contributed by atoms with Gasteiger partial charge in [0.05, 0.1) is 0 Å². The van der Waals surface area contributed by atoms with Crippen molar-refractivity contribution in [1.82, 2.24) is 5.32 Å². The summed E-state index contributed by atoms with van der Waals surface area (Å²) in [5, 5.41) is 3.95. The summed E-state index contributed by atoms with van der Waals surface area (Å²) in [4.78, 5) is 0. The second-order valence-corrected chi connectivity index (χ2v) is 7.65. The maximum atomic E-state index is 3.95. The zero-order valence-corrected chi connectivity index (χ0v) is 13.5. The van der Waals surface area contributed by atoms with E-state index in [9.17, 15) is 0 Å². The second-order valence-electron chi connectivity index (χ2n) is 7.65. The Morgan fingerprint density at radius 3 is 2.37 bits per heavy atom. The summed E-state index contributed by atoms with van der Waals surface area (Å²) >= 11 is 0. The molecule has 0 radical (unpaired) electrons. The molecular formula is C18H35N. The average Bonchev–Trinajstić information content (AvgIpc) is 2.74. The van der Waals surface area contributed by atoms with Gasteiger partial charge in [0, 0.05) is 12.6 Å². The molecule has 1 N–H and O–H groups in total. The standard InChI is InChI=1S/C18H35N/c1-4-18(12-5-6-13-18)14-19-17-9-7-8-16(10-11-17)15(2)3/h15-17,19H,4-14H2,1-3H3. The Bertz CT molecular complexity index is 252. The van der Waals surface area contributed by atoms with Crippen LogP contribution in [0.3, 0.4) is 0 Å². The lowest BCUT2D eigenvalue weighted by atomic mass is 9.83. The molecule has 2 fully saturated rings. The molecule has 0 aromatic carbocycles. The van der Waals surface area contributed by atoms with E-state index in [1.807, 2.05) is 0 Å². The Kier molecular flexibility index (Phi) is 5.74. The van der Waals surface area contributed by atoms with Gasteiger partial charge in [-0.05, 0) is 55.8 Å². The van der Waals surface area contributed by atoms with Gasteiger partial charge in [-0.25, -0.2) is 0 Å². The van der Waals surface area contributed by atoms with E-state index >= 15 is 0 Å². The van der Waals surface area contributed by atoms with Crippen LogP contribution in [-0.2, 0) is 0 Å². The van der Waals surface area contributed by atoms with E-state index in [1.165, 1.54) is 70.8 Å². The van der Waals surface area contributed by atoms with Gasteiger partial charge >= 0.3 is 0 Å². The van der Waals surface area contributed by atoms with E-state index < -0.39 is 0 Å². The van der Waals surface area contributed by atoms with Crippen LogP contribution in [0, 0.1) is 17.3 Å². The Balaban J connectivity index is 1.77. The molecule has 2 saturated carbocycles. The maximum absolute atomic E-state index is 3.95. The third-order valence-electron chi connectivity index (χ3n) is 6.14. The minimum absolute atomic E-state index is 0.657. The molecule has 0 aromatic heterocycles. The van der Waals surface area contributed by atoms with Crippen LogP contribution in [0.15, 0.2) is 0 Å². The van der Waals surface area contributed by atoms with Crippen LogP contribution in [0.5, 0.6) is 0 Å². The van der Waals surface area contributed by atoms with Crippen LogP contribution < -0.4 is 5.32 Å². The number of hydrogen-bond donors (Lipinski definition) is 1. The van der Waals surface area contributed by atoms with E-state index in [1.54, 1.807) is 0 Å². The highest BCUT2D eigenvalue weighted by Gasteiger charge is 2.32. The molecule has 2 aliphatic rings. The van der Waals surface area contributed by atoms with Gasteiger partial charge in [0.1, 0.15) is 0 Å². The van der Waals surface area contributed by atoms with E-state index in [2.05, 4.69) is 26.1 Å². The molecule has 0 spiro atoms. The summed E-state index contributed by atoms with van der Waals surface area (Å²) in [6.07, 6.45) is 14.5. The van der Waals surface area contributed by atoms with Gasteiger partial charge in [0.2, 0.25) is 0 Å². The summed E-state index contributed by atoms with van der Waals surface area (Å²) in [6, 6.07) is 0.813. The van der Waals surface area contributed by atoms with Crippen molar-refractivity contribution in [3.05, 3.63) is 0 Å². The molecule has 0 heterocycles. The highest BCUT2D eigenvalue weighted by molar-refractivity contribution is 4.87. The number of rotatable bonds is 5.